The summed E-state index contributed by atoms with van der Waals surface area (Å²) in [6.45, 7) is 2.91. The van der Waals surface area contributed by atoms with Crippen LogP contribution in [0.4, 0.5) is 5.69 Å². The van der Waals surface area contributed by atoms with Crippen LogP contribution >= 0.6 is 0 Å². The summed E-state index contributed by atoms with van der Waals surface area (Å²) in [6, 6.07) is 5.84. The molecular weight excluding hydrogens is 256 g/mol. The maximum absolute atomic E-state index is 10.2. The molecule has 4 N–H and O–H groups in total. The highest BCUT2D eigenvalue weighted by Gasteiger charge is 2.02. The molecule has 1 rings (SSSR count). The molecule has 0 saturated carbocycles. The molecule has 18 heavy (non-hydrogen) atoms. The van der Waals surface area contributed by atoms with Crippen molar-refractivity contribution in [3.63, 3.8) is 0 Å². The molecule has 0 heterocycles. The molecule has 1 aromatic carbocycles. The Bertz CT molecular complexity index is 488. The molecule has 0 amide bonds. The van der Waals surface area contributed by atoms with E-state index in [1.165, 1.54) is 0 Å². The minimum atomic E-state index is -4.33. The van der Waals surface area contributed by atoms with Gasteiger partial charge in [-0.05, 0) is 37.1 Å². The van der Waals surface area contributed by atoms with Gasteiger partial charge in [0.1, 0.15) is 0 Å². The Kier molecular flexibility index (Phi) is 5.54. The molecule has 0 bridgehead atoms. The monoisotopic (exact) mass is 274 g/mol. The maximum Gasteiger partial charge on any atom is 0.397 e. The zero-order valence-corrected chi connectivity index (χ0v) is 11.0. The summed E-state index contributed by atoms with van der Waals surface area (Å²) >= 11 is 0. The summed E-state index contributed by atoms with van der Waals surface area (Å²) in [5, 5.41) is 3.01. The lowest BCUT2D eigenvalue weighted by atomic mass is 10.1. The largest absolute Gasteiger partial charge is 0.399 e. The molecule has 1 aromatic rings. The SMILES string of the molecule is Cc1cc(CCNCCOS(=O)(=O)O)ccc1N. The first-order valence-electron chi connectivity index (χ1n) is 5.56. The van der Waals surface area contributed by atoms with Crippen molar-refractivity contribution in [2.75, 3.05) is 25.4 Å². The van der Waals surface area contributed by atoms with E-state index < -0.39 is 10.4 Å². The van der Waals surface area contributed by atoms with Crippen LogP contribution in [0.1, 0.15) is 11.1 Å². The van der Waals surface area contributed by atoms with Crippen LogP contribution in [-0.2, 0) is 21.0 Å². The minimum Gasteiger partial charge on any atom is -0.399 e. The van der Waals surface area contributed by atoms with E-state index in [-0.39, 0.29) is 6.61 Å². The minimum absolute atomic E-state index is 0.0837. The molecule has 7 heteroatoms. The molecule has 0 saturated heterocycles. The smallest absolute Gasteiger partial charge is 0.397 e. The predicted octanol–water partition coefficient (Wildman–Crippen LogP) is 0.529. The van der Waals surface area contributed by atoms with E-state index in [1.54, 1.807) is 0 Å². The van der Waals surface area contributed by atoms with Gasteiger partial charge in [0, 0.05) is 12.2 Å². The third-order valence-electron chi connectivity index (χ3n) is 2.44. The molecule has 0 unspecified atom stereocenters. The van der Waals surface area contributed by atoms with E-state index in [4.69, 9.17) is 10.3 Å². The number of benzene rings is 1. The summed E-state index contributed by atoms with van der Waals surface area (Å²) in [5.74, 6) is 0. The first kappa shape index (κ1) is 14.9. The van der Waals surface area contributed by atoms with E-state index >= 15 is 0 Å². The lowest BCUT2D eigenvalue weighted by molar-refractivity contribution is 0.268. The van der Waals surface area contributed by atoms with Crippen LogP contribution in [0.3, 0.4) is 0 Å². The van der Waals surface area contributed by atoms with Crippen molar-refractivity contribution in [1.29, 1.82) is 0 Å². The second-order valence-electron chi connectivity index (χ2n) is 3.94. The highest BCUT2D eigenvalue weighted by atomic mass is 32.3. The second-order valence-corrected chi connectivity index (χ2v) is 5.03. The van der Waals surface area contributed by atoms with Gasteiger partial charge >= 0.3 is 10.4 Å². The van der Waals surface area contributed by atoms with Crippen molar-refractivity contribution in [1.82, 2.24) is 5.32 Å². The Labute approximate surface area is 107 Å². The van der Waals surface area contributed by atoms with Crippen LogP contribution < -0.4 is 11.1 Å². The van der Waals surface area contributed by atoms with E-state index in [2.05, 4.69) is 9.50 Å². The molecule has 0 aromatic heterocycles. The Balaban J connectivity index is 2.20. The lowest BCUT2D eigenvalue weighted by Gasteiger charge is -2.06. The van der Waals surface area contributed by atoms with Crippen molar-refractivity contribution in [3.05, 3.63) is 29.3 Å². The van der Waals surface area contributed by atoms with Gasteiger partial charge in [0.15, 0.2) is 0 Å². The number of nitrogens with two attached hydrogens (primary N) is 1. The number of anilines is 1. The van der Waals surface area contributed by atoms with Crippen LogP contribution in [0, 0.1) is 6.92 Å². The van der Waals surface area contributed by atoms with Gasteiger partial charge < -0.3 is 11.1 Å². The summed E-state index contributed by atoms with van der Waals surface area (Å²) in [7, 11) is -4.33. The average Bonchev–Trinajstić information content (AvgIpc) is 2.26. The molecule has 0 spiro atoms. The topological polar surface area (TPSA) is 102 Å². The van der Waals surface area contributed by atoms with Gasteiger partial charge in [0.05, 0.1) is 6.61 Å². The number of hydrogen-bond donors (Lipinski definition) is 3. The normalized spacial score (nSPS) is 11.7. The fourth-order valence-corrected chi connectivity index (χ4v) is 1.76. The summed E-state index contributed by atoms with van der Waals surface area (Å²) in [5.41, 5.74) is 8.68. The number of hydrogen-bond acceptors (Lipinski definition) is 5. The molecule has 0 aliphatic rings. The van der Waals surface area contributed by atoms with Gasteiger partial charge in [-0.15, -0.1) is 0 Å². The van der Waals surface area contributed by atoms with Crippen molar-refractivity contribution < 1.29 is 17.2 Å². The van der Waals surface area contributed by atoms with Crippen LogP contribution in [0.25, 0.3) is 0 Å². The molecular formula is C11H18N2O4S. The molecule has 0 aliphatic heterocycles. The Morgan fingerprint density at radius 1 is 1.39 bits per heavy atom. The van der Waals surface area contributed by atoms with Crippen LogP contribution in [0.5, 0.6) is 0 Å². The summed E-state index contributed by atoms with van der Waals surface area (Å²) in [6.07, 6.45) is 0.812. The number of aryl methyl sites for hydroxylation is 1. The van der Waals surface area contributed by atoms with Gasteiger partial charge in [-0.1, -0.05) is 12.1 Å². The zero-order valence-electron chi connectivity index (χ0n) is 10.2. The molecule has 102 valence electrons. The molecule has 0 radical (unpaired) electrons. The standard InChI is InChI=1S/C11H18N2O4S/c1-9-8-10(2-3-11(9)12)4-5-13-6-7-17-18(14,15)16/h2-3,8,13H,4-7,12H2,1H3,(H,14,15,16). The van der Waals surface area contributed by atoms with E-state index in [9.17, 15) is 8.42 Å². The fourth-order valence-electron chi connectivity index (χ4n) is 1.47. The molecule has 0 aliphatic carbocycles. The molecule has 0 atom stereocenters. The Morgan fingerprint density at radius 3 is 2.72 bits per heavy atom. The van der Waals surface area contributed by atoms with E-state index in [0.717, 1.165) is 23.2 Å². The highest BCUT2D eigenvalue weighted by Crippen LogP contribution is 2.12. The van der Waals surface area contributed by atoms with Crippen molar-refractivity contribution >= 4 is 16.1 Å². The molecule has 6 nitrogen and oxygen atoms in total. The van der Waals surface area contributed by atoms with Crippen LogP contribution in [0.15, 0.2) is 18.2 Å². The van der Waals surface area contributed by atoms with Gasteiger partial charge in [-0.2, -0.15) is 8.42 Å². The highest BCUT2D eigenvalue weighted by molar-refractivity contribution is 7.80. The van der Waals surface area contributed by atoms with E-state index in [1.807, 2.05) is 25.1 Å². The Morgan fingerprint density at radius 2 is 2.11 bits per heavy atom. The van der Waals surface area contributed by atoms with Crippen molar-refractivity contribution in [2.24, 2.45) is 0 Å². The first-order valence-corrected chi connectivity index (χ1v) is 6.92. The lowest BCUT2D eigenvalue weighted by Crippen LogP contribution is -2.23. The maximum atomic E-state index is 10.2. The summed E-state index contributed by atoms with van der Waals surface area (Å²) < 4.78 is 33.0. The van der Waals surface area contributed by atoms with Gasteiger partial charge in [-0.25, -0.2) is 4.18 Å². The van der Waals surface area contributed by atoms with E-state index in [0.29, 0.717) is 13.1 Å². The van der Waals surface area contributed by atoms with Gasteiger partial charge in [0.25, 0.3) is 0 Å². The zero-order chi connectivity index (χ0) is 13.6. The van der Waals surface area contributed by atoms with Crippen molar-refractivity contribution in [2.45, 2.75) is 13.3 Å². The number of rotatable bonds is 7. The Hall–Kier alpha value is -1.15. The van der Waals surface area contributed by atoms with Crippen LogP contribution in [-0.4, -0.2) is 32.7 Å². The van der Waals surface area contributed by atoms with Crippen LogP contribution in [0.2, 0.25) is 0 Å². The van der Waals surface area contributed by atoms with Crippen molar-refractivity contribution in [3.8, 4) is 0 Å². The third-order valence-corrected chi connectivity index (χ3v) is 2.90. The quantitative estimate of drug-likeness (QED) is 0.381. The summed E-state index contributed by atoms with van der Waals surface area (Å²) in [4.78, 5) is 0. The fraction of sp³-hybridized carbons (Fsp3) is 0.455. The second kappa shape index (κ2) is 6.69. The third kappa shape index (κ3) is 5.97. The first-order chi connectivity index (χ1) is 8.38. The molecule has 0 fully saturated rings. The predicted molar refractivity (Wildman–Crippen MR) is 69.7 cm³/mol. The van der Waals surface area contributed by atoms with Gasteiger partial charge in [-0.3, -0.25) is 4.55 Å². The average molecular weight is 274 g/mol. The van der Waals surface area contributed by atoms with Gasteiger partial charge in [0.2, 0.25) is 0 Å². The number of nitrogens with one attached hydrogen (secondary N) is 1. The number of nitrogen functional groups attached to an aromatic ring is 1.